The van der Waals surface area contributed by atoms with Crippen LogP contribution in [0.15, 0.2) is 23.1 Å². The molecule has 6 heteroatoms. The van der Waals surface area contributed by atoms with Crippen LogP contribution >= 0.6 is 0 Å². The minimum atomic E-state index is -4.45. The summed E-state index contributed by atoms with van der Waals surface area (Å²) in [6, 6.07) is 1.63. The van der Waals surface area contributed by atoms with Crippen molar-refractivity contribution in [2.45, 2.75) is 25.6 Å². The van der Waals surface area contributed by atoms with Crippen LogP contribution in [0.2, 0.25) is 0 Å². The van der Waals surface area contributed by atoms with Gasteiger partial charge in [0.2, 0.25) is 0 Å². The van der Waals surface area contributed by atoms with Gasteiger partial charge in [-0.1, -0.05) is 0 Å². The van der Waals surface area contributed by atoms with Crippen molar-refractivity contribution < 1.29 is 13.2 Å². The Labute approximate surface area is 103 Å². The van der Waals surface area contributed by atoms with Gasteiger partial charge >= 0.3 is 6.18 Å². The molecule has 1 aliphatic rings. The van der Waals surface area contributed by atoms with Gasteiger partial charge in [0.25, 0.3) is 5.56 Å². The molecule has 1 saturated heterocycles. The van der Waals surface area contributed by atoms with E-state index in [1.165, 1.54) is 10.8 Å². The van der Waals surface area contributed by atoms with E-state index in [4.69, 9.17) is 0 Å². The number of nitrogens with one attached hydrogen (secondary N) is 1. The minimum Gasteiger partial charge on any atom is -0.317 e. The standard InChI is InChI=1S/C12H15F3N2O/c13-12(14,15)10-3-6-17(11(18)7-10)8-9-1-4-16-5-2-9/h3,6-7,9,16H,1-2,4-5,8H2. The van der Waals surface area contributed by atoms with Crippen LogP contribution in [0, 0.1) is 5.92 Å². The van der Waals surface area contributed by atoms with Gasteiger partial charge in [-0.2, -0.15) is 13.2 Å². The van der Waals surface area contributed by atoms with Crippen LogP contribution in [0.25, 0.3) is 0 Å². The highest BCUT2D eigenvalue weighted by Crippen LogP contribution is 2.27. The topological polar surface area (TPSA) is 34.0 Å². The Morgan fingerprint density at radius 1 is 1.33 bits per heavy atom. The van der Waals surface area contributed by atoms with Gasteiger partial charge < -0.3 is 9.88 Å². The molecule has 1 N–H and O–H groups in total. The molecule has 0 aromatic carbocycles. The third-order valence-corrected chi connectivity index (χ3v) is 3.24. The van der Waals surface area contributed by atoms with Crippen LogP contribution in [-0.2, 0) is 12.7 Å². The molecule has 0 bridgehead atoms. The van der Waals surface area contributed by atoms with Crippen molar-refractivity contribution in [2.24, 2.45) is 5.92 Å². The third-order valence-electron chi connectivity index (χ3n) is 3.24. The Balaban J connectivity index is 2.12. The molecule has 0 amide bonds. The molecule has 0 radical (unpaired) electrons. The van der Waals surface area contributed by atoms with E-state index < -0.39 is 17.3 Å². The molecule has 2 heterocycles. The lowest BCUT2D eigenvalue weighted by Crippen LogP contribution is -2.32. The maximum absolute atomic E-state index is 12.4. The Morgan fingerprint density at radius 2 is 2.00 bits per heavy atom. The second kappa shape index (κ2) is 5.14. The minimum absolute atomic E-state index is 0.362. The molecule has 0 spiro atoms. The van der Waals surface area contributed by atoms with E-state index >= 15 is 0 Å². The van der Waals surface area contributed by atoms with Crippen molar-refractivity contribution in [1.82, 2.24) is 9.88 Å². The fourth-order valence-electron chi connectivity index (χ4n) is 2.18. The maximum Gasteiger partial charge on any atom is 0.416 e. The number of rotatable bonds is 2. The number of nitrogens with zero attached hydrogens (tertiary/aromatic N) is 1. The number of pyridine rings is 1. The normalized spacial score (nSPS) is 17.9. The zero-order chi connectivity index (χ0) is 13.2. The van der Waals surface area contributed by atoms with Crippen LogP contribution in [0.1, 0.15) is 18.4 Å². The van der Waals surface area contributed by atoms with Crippen LogP contribution in [0.5, 0.6) is 0 Å². The monoisotopic (exact) mass is 260 g/mol. The number of aromatic nitrogens is 1. The first-order valence-corrected chi connectivity index (χ1v) is 5.95. The highest BCUT2D eigenvalue weighted by atomic mass is 19.4. The summed E-state index contributed by atoms with van der Waals surface area (Å²) in [5.41, 5.74) is -1.46. The summed E-state index contributed by atoms with van der Waals surface area (Å²) in [5, 5.41) is 3.21. The number of piperidine rings is 1. The summed E-state index contributed by atoms with van der Waals surface area (Å²) in [5.74, 6) is 0.362. The molecule has 0 aliphatic carbocycles. The van der Waals surface area contributed by atoms with Crippen molar-refractivity contribution in [3.05, 3.63) is 34.2 Å². The summed E-state index contributed by atoms with van der Waals surface area (Å²) in [6.45, 7) is 2.30. The fraction of sp³-hybridized carbons (Fsp3) is 0.583. The van der Waals surface area contributed by atoms with Crippen molar-refractivity contribution in [3.63, 3.8) is 0 Å². The molecule has 0 saturated carbocycles. The fourth-order valence-corrected chi connectivity index (χ4v) is 2.18. The van der Waals surface area contributed by atoms with Crippen LogP contribution < -0.4 is 10.9 Å². The first kappa shape index (κ1) is 13.1. The Kier molecular flexibility index (Phi) is 3.75. The zero-order valence-electron chi connectivity index (χ0n) is 9.83. The van der Waals surface area contributed by atoms with E-state index in [9.17, 15) is 18.0 Å². The summed E-state index contributed by atoms with van der Waals surface area (Å²) >= 11 is 0. The van der Waals surface area contributed by atoms with Crippen molar-refractivity contribution in [2.75, 3.05) is 13.1 Å². The second-order valence-electron chi connectivity index (χ2n) is 4.60. The SMILES string of the molecule is O=c1cc(C(F)(F)F)ccn1CC1CCNCC1. The molecule has 100 valence electrons. The molecule has 1 aliphatic heterocycles. The predicted molar refractivity (Wildman–Crippen MR) is 61.3 cm³/mol. The quantitative estimate of drug-likeness (QED) is 0.880. The van der Waals surface area contributed by atoms with Crippen molar-refractivity contribution in [3.8, 4) is 0 Å². The van der Waals surface area contributed by atoms with E-state index in [2.05, 4.69) is 5.32 Å². The van der Waals surface area contributed by atoms with Gasteiger partial charge in [0.1, 0.15) is 0 Å². The summed E-state index contributed by atoms with van der Waals surface area (Å²) < 4.78 is 38.6. The average molecular weight is 260 g/mol. The molecular formula is C12H15F3N2O. The molecule has 1 aromatic heterocycles. The van der Waals surface area contributed by atoms with Crippen LogP contribution in [0.3, 0.4) is 0 Å². The Bertz CT molecular complexity index is 461. The second-order valence-corrected chi connectivity index (χ2v) is 4.60. The highest BCUT2D eigenvalue weighted by molar-refractivity contribution is 5.14. The molecule has 3 nitrogen and oxygen atoms in total. The van der Waals surface area contributed by atoms with Gasteiger partial charge in [-0.3, -0.25) is 4.79 Å². The van der Waals surface area contributed by atoms with Gasteiger partial charge in [-0.25, -0.2) is 0 Å². The lowest BCUT2D eigenvalue weighted by molar-refractivity contribution is -0.137. The van der Waals surface area contributed by atoms with Crippen molar-refractivity contribution >= 4 is 0 Å². The first-order chi connectivity index (χ1) is 8.47. The van der Waals surface area contributed by atoms with Gasteiger partial charge in [0, 0.05) is 18.8 Å². The van der Waals surface area contributed by atoms with Gasteiger partial charge in [0.05, 0.1) is 5.56 Å². The Morgan fingerprint density at radius 3 is 2.56 bits per heavy atom. The summed E-state index contributed by atoms with van der Waals surface area (Å²) in [4.78, 5) is 11.6. The number of alkyl halides is 3. The zero-order valence-corrected chi connectivity index (χ0v) is 9.83. The van der Waals surface area contributed by atoms with E-state index in [0.29, 0.717) is 18.5 Å². The van der Waals surface area contributed by atoms with Crippen LogP contribution in [-0.4, -0.2) is 17.7 Å². The molecule has 0 unspecified atom stereocenters. The van der Waals surface area contributed by atoms with E-state index in [-0.39, 0.29) is 0 Å². The number of hydrogen-bond acceptors (Lipinski definition) is 2. The predicted octanol–water partition coefficient (Wildman–Crippen LogP) is 1.87. The van der Waals surface area contributed by atoms with E-state index in [1.807, 2.05) is 0 Å². The molecule has 1 aromatic rings. The summed E-state index contributed by atoms with van der Waals surface area (Å²) in [7, 11) is 0. The van der Waals surface area contributed by atoms with Gasteiger partial charge in [0.15, 0.2) is 0 Å². The smallest absolute Gasteiger partial charge is 0.317 e. The van der Waals surface area contributed by atoms with Gasteiger partial charge in [-0.05, 0) is 37.9 Å². The molecular weight excluding hydrogens is 245 g/mol. The average Bonchev–Trinajstić information content (AvgIpc) is 2.32. The maximum atomic E-state index is 12.4. The van der Waals surface area contributed by atoms with Gasteiger partial charge in [-0.15, -0.1) is 0 Å². The number of halogens is 3. The number of hydrogen-bond donors (Lipinski definition) is 1. The van der Waals surface area contributed by atoms with Crippen LogP contribution in [0.4, 0.5) is 13.2 Å². The summed E-state index contributed by atoms with van der Waals surface area (Å²) in [6.07, 6.45) is -1.30. The lowest BCUT2D eigenvalue weighted by Gasteiger charge is -2.23. The first-order valence-electron chi connectivity index (χ1n) is 5.95. The molecule has 18 heavy (non-hydrogen) atoms. The lowest BCUT2D eigenvalue weighted by atomic mass is 9.98. The van der Waals surface area contributed by atoms with Crippen molar-refractivity contribution in [1.29, 1.82) is 0 Å². The van der Waals surface area contributed by atoms with E-state index in [0.717, 1.165) is 32.0 Å². The molecule has 2 rings (SSSR count). The van der Waals surface area contributed by atoms with E-state index in [1.54, 1.807) is 0 Å². The molecule has 0 atom stereocenters. The third kappa shape index (κ3) is 3.13. The Hall–Kier alpha value is -1.30. The highest BCUT2D eigenvalue weighted by Gasteiger charge is 2.31. The largest absolute Gasteiger partial charge is 0.416 e. The molecule has 1 fully saturated rings.